The zero-order valence-corrected chi connectivity index (χ0v) is 24.9. The van der Waals surface area contributed by atoms with Gasteiger partial charge in [0.25, 0.3) is 0 Å². The summed E-state index contributed by atoms with van der Waals surface area (Å²) >= 11 is 0. The lowest BCUT2D eigenvalue weighted by molar-refractivity contribution is -0.293. The first-order valence-electron chi connectivity index (χ1n) is 14.4. The number of fused-ring (bicyclic) bond motifs is 1. The third kappa shape index (κ3) is 6.77. The summed E-state index contributed by atoms with van der Waals surface area (Å²) in [4.78, 5) is 38.9. The third-order valence-electron chi connectivity index (χ3n) is 8.51. The molecule has 2 aliphatic rings. The number of carboxylic acids is 1. The Morgan fingerprint density at radius 3 is 2.33 bits per heavy atom. The van der Waals surface area contributed by atoms with Crippen LogP contribution in [0.3, 0.4) is 0 Å². The van der Waals surface area contributed by atoms with Crippen molar-refractivity contribution in [3.8, 4) is 23.0 Å². The second kappa shape index (κ2) is 14.0. The fourth-order valence-electron chi connectivity index (χ4n) is 6.25. The molecule has 6 unspecified atom stereocenters. The Bertz CT molecular complexity index is 1540. The van der Waals surface area contributed by atoms with E-state index in [1.807, 2.05) is 0 Å². The van der Waals surface area contributed by atoms with Crippen LogP contribution in [0.1, 0.15) is 36.0 Å². The topological polar surface area (TPSA) is 244 Å². The van der Waals surface area contributed by atoms with Gasteiger partial charge in [0.15, 0.2) is 40.2 Å². The van der Waals surface area contributed by atoms with E-state index in [0.717, 1.165) is 24.3 Å². The summed E-state index contributed by atoms with van der Waals surface area (Å²) in [5.74, 6) is -5.52. The predicted molar refractivity (Wildman–Crippen MR) is 161 cm³/mol. The number of benzene rings is 2. The minimum atomic E-state index is -2.20. The molecule has 1 saturated heterocycles. The van der Waals surface area contributed by atoms with Crippen molar-refractivity contribution >= 4 is 29.7 Å². The highest BCUT2D eigenvalue weighted by molar-refractivity contribution is 5.97. The molecule has 2 aromatic carbocycles. The van der Waals surface area contributed by atoms with E-state index < -0.39 is 89.9 Å². The molecule has 1 aliphatic carbocycles. The molecule has 0 bridgehead atoms. The molecule has 2 fully saturated rings. The smallest absolute Gasteiger partial charge is 0.336 e. The largest absolute Gasteiger partial charge is 0.504 e. The first-order chi connectivity index (χ1) is 21.8. The van der Waals surface area contributed by atoms with E-state index in [1.165, 1.54) is 37.4 Å². The van der Waals surface area contributed by atoms with Crippen LogP contribution in [0.2, 0.25) is 0 Å². The summed E-state index contributed by atoms with van der Waals surface area (Å²) in [6, 6.07) is 6.20. The SMILES string of the molecule is CNCC12OC(C(=O)C=Cc3cc(O)c(O)cc3CO)CCC1C(OCC(=O)C=Cc1ccc(O)c(O)c1)(C(=O)O)CC(O)C2O. The fraction of sp³-hybridized carbons (Fsp3) is 0.406. The predicted octanol–water partition coefficient (Wildman–Crippen LogP) is 0.585. The molecule has 0 spiro atoms. The number of rotatable bonds is 12. The number of aliphatic carboxylic acids is 1. The highest BCUT2D eigenvalue weighted by atomic mass is 16.6. The van der Waals surface area contributed by atoms with Crippen LogP contribution in [0.4, 0.5) is 0 Å². The number of phenolic OH excluding ortho intramolecular Hbond substituents is 4. The minimum Gasteiger partial charge on any atom is -0.504 e. The van der Waals surface area contributed by atoms with E-state index in [2.05, 4.69) is 5.32 Å². The highest BCUT2D eigenvalue weighted by Gasteiger charge is 2.67. The van der Waals surface area contributed by atoms with Crippen molar-refractivity contribution in [1.29, 1.82) is 0 Å². The monoisotopic (exact) mass is 643 g/mol. The van der Waals surface area contributed by atoms with Gasteiger partial charge in [-0.2, -0.15) is 0 Å². The van der Waals surface area contributed by atoms with E-state index in [4.69, 9.17) is 9.47 Å². The van der Waals surface area contributed by atoms with Crippen LogP contribution in [0.5, 0.6) is 23.0 Å². The number of hydrogen-bond donors (Lipinski definition) is 9. The Labute approximate surface area is 263 Å². The molecule has 248 valence electrons. The van der Waals surface area contributed by atoms with E-state index in [1.54, 1.807) is 0 Å². The first kappa shape index (κ1) is 34.6. The molecule has 14 nitrogen and oxygen atoms in total. The average Bonchev–Trinajstić information content (AvgIpc) is 3.02. The molecule has 1 heterocycles. The molecule has 14 heteroatoms. The van der Waals surface area contributed by atoms with Gasteiger partial charge in [-0.25, -0.2) is 4.79 Å². The number of likely N-dealkylation sites (N-methyl/N-ethyl adjacent to an activating group) is 1. The summed E-state index contributed by atoms with van der Waals surface area (Å²) in [6.07, 6.45) is -0.231. The van der Waals surface area contributed by atoms with Crippen LogP contribution in [0, 0.1) is 5.92 Å². The molecule has 2 aromatic rings. The number of ether oxygens (including phenoxy) is 2. The highest BCUT2D eigenvalue weighted by Crippen LogP contribution is 2.51. The fourth-order valence-corrected chi connectivity index (χ4v) is 6.25. The van der Waals surface area contributed by atoms with Gasteiger partial charge in [0.2, 0.25) is 0 Å². The average molecular weight is 644 g/mol. The Kier molecular flexibility index (Phi) is 10.5. The molecule has 1 aliphatic heterocycles. The lowest BCUT2D eigenvalue weighted by atomic mass is 9.60. The normalized spacial score (nSPS) is 27.9. The van der Waals surface area contributed by atoms with Crippen molar-refractivity contribution in [1.82, 2.24) is 5.32 Å². The molecule has 0 aromatic heterocycles. The van der Waals surface area contributed by atoms with Crippen LogP contribution in [-0.2, 0) is 30.5 Å². The number of hydrogen-bond acceptors (Lipinski definition) is 13. The van der Waals surface area contributed by atoms with E-state index in [-0.39, 0.29) is 36.3 Å². The van der Waals surface area contributed by atoms with Gasteiger partial charge < -0.3 is 55.6 Å². The van der Waals surface area contributed by atoms with Gasteiger partial charge in [0.1, 0.15) is 24.4 Å². The lowest BCUT2D eigenvalue weighted by Gasteiger charge is -2.58. The maximum atomic E-state index is 13.3. The summed E-state index contributed by atoms with van der Waals surface area (Å²) in [6.45, 7) is -1.41. The molecular weight excluding hydrogens is 606 g/mol. The number of ketones is 2. The van der Waals surface area contributed by atoms with Crippen molar-refractivity contribution in [2.75, 3.05) is 20.2 Å². The van der Waals surface area contributed by atoms with E-state index in [9.17, 15) is 55.2 Å². The Morgan fingerprint density at radius 1 is 0.978 bits per heavy atom. The van der Waals surface area contributed by atoms with Gasteiger partial charge in [0.05, 0.1) is 12.7 Å². The third-order valence-corrected chi connectivity index (χ3v) is 8.51. The van der Waals surface area contributed by atoms with Crippen molar-refractivity contribution in [3.63, 3.8) is 0 Å². The second-order valence-electron chi connectivity index (χ2n) is 11.4. The summed E-state index contributed by atoms with van der Waals surface area (Å²) in [7, 11) is 1.51. The maximum Gasteiger partial charge on any atom is 0.336 e. The quantitative estimate of drug-likeness (QED) is 0.114. The first-order valence-corrected chi connectivity index (χ1v) is 14.4. The number of aliphatic hydroxyl groups is 3. The molecule has 6 atom stereocenters. The molecule has 46 heavy (non-hydrogen) atoms. The summed E-state index contributed by atoms with van der Waals surface area (Å²) < 4.78 is 12.0. The minimum absolute atomic E-state index is 0.00755. The van der Waals surface area contributed by atoms with Gasteiger partial charge in [-0.15, -0.1) is 0 Å². The number of aromatic hydroxyl groups is 4. The van der Waals surface area contributed by atoms with Gasteiger partial charge in [-0.1, -0.05) is 18.2 Å². The second-order valence-corrected chi connectivity index (χ2v) is 11.4. The molecular formula is C32H37NO13. The van der Waals surface area contributed by atoms with Crippen LogP contribution < -0.4 is 5.32 Å². The van der Waals surface area contributed by atoms with Crippen molar-refractivity contribution < 1.29 is 64.7 Å². The molecule has 0 amide bonds. The summed E-state index contributed by atoms with van der Waals surface area (Å²) in [5.41, 5.74) is -3.18. The number of aliphatic hydroxyl groups excluding tert-OH is 3. The van der Waals surface area contributed by atoms with Crippen LogP contribution >= 0.6 is 0 Å². The number of carbonyl (C=O) groups is 3. The molecule has 9 N–H and O–H groups in total. The van der Waals surface area contributed by atoms with Gasteiger partial charge in [0, 0.05) is 18.9 Å². The van der Waals surface area contributed by atoms with Gasteiger partial charge in [-0.05, 0) is 73.0 Å². The van der Waals surface area contributed by atoms with Gasteiger partial charge in [-0.3, -0.25) is 9.59 Å². The Balaban J connectivity index is 1.59. The molecule has 1 saturated carbocycles. The molecule has 4 rings (SSSR count). The molecule has 0 radical (unpaired) electrons. The van der Waals surface area contributed by atoms with Gasteiger partial charge >= 0.3 is 5.97 Å². The van der Waals surface area contributed by atoms with E-state index in [0.29, 0.717) is 5.56 Å². The van der Waals surface area contributed by atoms with E-state index >= 15 is 0 Å². The van der Waals surface area contributed by atoms with Crippen molar-refractivity contribution in [3.05, 3.63) is 59.2 Å². The Morgan fingerprint density at radius 2 is 1.67 bits per heavy atom. The maximum absolute atomic E-state index is 13.3. The number of phenols is 4. The zero-order valence-electron chi connectivity index (χ0n) is 24.9. The van der Waals surface area contributed by atoms with Crippen molar-refractivity contribution in [2.24, 2.45) is 5.92 Å². The standard InChI is InChI=1S/C32H37NO13/c1-33-16-32-28(9-8-27(46-32)22(37)7-4-18-11-24(39)25(40)12-19(18)14-34)31(30(43)44,13-26(41)29(32)42)45-15-20(35)5-2-17-3-6-21(36)23(38)10-17/h2-7,10-12,26-29,33-34,36,38-42H,8-9,13-16H2,1H3,(H,43,44). The zero-order chi connectivity index (χ0) is 33.8. The van der Waals surface area contributed by atoms with Crippen LogP contribution in [0.25, 0.3) is 12.2 Å². The number of carbonyl (C=O) groups excluding carboxylic acids is 2. The summed E-state index contributed by atoms with van der Waals surface area (Å²) in [5, 5.41) is 83.7. The Hall–Kier alpha value is -4.31. The number of nitrogens with one attached hydrogen (secondary N) is 1. The lowest BCUT2D eigenvalue weighted by Crippen LogP contribution is -2.75. The van der Waals surface area contributed by atoms with Crippen molar-refractivity contribution in [2.45, 2.75) is 55.4 Å². The van der Waals surface area contributed by atoms with Crippen LogP contribution in [-0.4, -0.2) is 108 Å². The number of carboxylic acid groups (broad SMARTS) is 1. The van der Waals surface area contributed by atoms with Crippen LogP contribution in [0.15, 0.2) is 42.5 Å².